The SMILES string of the molecule is CCC(CN(CCc1ccccc1)C(=O)NC(Cc1ccccc1)C(=O)N1CCN(C)CC1)SC(=O)OC(C)(C)C. The van der Waals surface area contributed by atoms with E-state index in [0.717, 1.165) is 36.0 Å². The molecule has 0 saturated carbocycles. The summed E-state index contributed by atoms with van der Waals surface area (Å²) >= 11 is 1.13. The van der Waals surface area contributed by atoms with Crippen LogP contribution in [0.15, 0.2) is 60.7 Å². The molecule has 1 aliphatic heterocycles. The molecular formula is C32H46N4O4S. The highest BCUT2D eigenvalue weighted by Gasteiger charge is 2.31. The highest BCUT2D eigenvalue weighted by atomic mass is 32.2. The zero-order valence-electron chi connectivity index (χ0n) is 25.2. The number of thioether (sulfide) groups is 1. The van der Waals surface area contributed by atoms with E-state index in [9.17, 15) is 14.4 Å². The zero-order chi connectivity index (χ0) is 29.8. The van der Waals surface area contributed by atoms with Crippen molar-refractivity contribution in [2.45, 2.75) is 63.9 Å². The Morgan fingerprint density at radius 1 is 0.951 bits per heavy atom. The summed E-state index contributed by atoms with van der Waals surface area (Å²) in [4.78, 5) is 46.0. The fraction of sp³-hybridized carbons (Fsp3) is 0.531. The van der Waals surface area contributed by atoms with Crippen LogP contribution >= 0.6 is 11.8 Å². The summed E-state index contributed by atoms with van der Waals surface area (Å²) in [6.07, 6.45) is 1.76. The largest absolute Gasteiger partial charge is 0.452 e. The van der Waals surface area contributed by atoms with Crippen LogP contribution in [0.5, 0.6) is 0 Å². The van der Waals surface area contributed by atoms with Gasteiger partial charge in [0.1, 0.15) is 11.6 Å². The number of hydrogen-bond donors (Lipinski definition) is 1. The van der Waals surface area contributed by atoms with E-state index in [1.165, 1.54) is 0 Å². The van der Waals surface area contributed by atoms with Crippen LogP contribution in [0, 0.1) is 0 Å². The molecule has 1 N–H and O–H groups in total. The first-order valence-electron chi connectivity index (χ1n) is 14.5. The fourth-order valence-corrected chi connectivity index (χ4v) is 5.62. The average molecular weight is 583 g/mol. The van der Waals surface area contributed by atoms with Crippen LogP contribution in [0.3, 0.4) is 0 Å². The van der Waals surface area contributed by atoms with Gasteiger partial charge in [0.05, 0.1) is 0 Å². The molecule has 8 nitrogen and oxygen atoms in total. The summed E-state index contributed by atoms with van der Waals surface area (Å²) in [5, 5.41) is 2.59. The van der Waals surface area contributed by atoms with Crippen LogP contribution in [-0.4, -0.2) is 95.1 Å². The number of nitrogens with zero attached hydrogens (tertiary/aromatic N) is 3. The topological polar surface area (TPSA) is 82.2 Å². The first kappa shape index (κ1) is 32.5. The Hall–Kier alpha value is -3.04. The third-order valence-electron chi connectivity index (χ3n) is 7.03. The number of urea groups is 1. The van der Waals surface area contributed by atoms with E-state index in [1.54, 1.807) is 4.90 Å². The number of carbonyl (C=O) groups excluding carboxylic acids is 3. The lowest BCUT2D eigenvalue weighted by Crippen LogP contribution is -2.57. The van der Waals surface area contributed by atoms with Crippen LogP contribution in [0.4, 0.5) is 9.59 Å². The number of benzene rings is 2. The average Bonchev–Trinajstić information content (AvgIpc) is 2.94. The van der Waals surface area contributed by atoms with Crippen molar-refractivity contribution in [2.75, 3.05) is 46.3 Å². The number of piperazine rings is 1. The van der Waals surface area contributed by atoms with Crippen LogP contribution in [0.1, 0.15) is 45.2 Å². The Kier molecular flexibility index (Phi) is 12.5. The van der Waals surface area contributed by atoms with Gasteiger partial charge in [-0.25, -0.2) is 9.59 Å². The number of ether oxygens (including phenoxy) is 1. The minimum absolute atomic E-state index is 0.0616. The Morgan fingerprint density at radius 2 is 1.54 bits per heavy atom. The molecule has 0 aromatic heterocycles. The second-order valence-electron chi connectivity index (χ2n) is 11.6. The van der Waals surface area contributed by atoms with Crippen molar-refractivity contribution in [1.82, 2.24) is 20.0 Å². The summed E-state index contributed by atoms with van der Waals surface area (Å²) in [6.45, 7) is 11.2. The number of rotatable bonds is 11. The quantitative estimate of drug-likeness (QED) is 0.373. The summed E-state index contributed by atoms with van der Waals surface area (Å²) < 4.78 is 5.53. The van der Waals surface area contributed by atoms with Gasteiger partial charge in [0.2, 0.25) is 5.91 Å². The molecule has 0 spiro atoms. The molecule has 1 heterocycles. The van der Waals surface area contributed by atoms with E-state index < -0.39 is 11.6 Å². The van der Waals surface area contributed by atoms with Gasteiger partial charge in [0.25, 0.3) is 0 Å². The van der Waals surface area contributed by atoms with Gasteiger partial charge in [-0.05, 0) is 63.5 Å². The predicted molar refractivity (Wildman–Crippen MR) is 166 cm³/mol. The Morgan fingerprint density at radius 3 is 2.10 bits per heavy atom. The molecule has 2 atom stereocenters. The van der Waals surface area contributed by atoms with E-state index in [4.69, 9.17) is 4.74 Å². The van der Waals surface area contributed by atoms with E-state index in [0.29, 0.717) is 45.4 Å². The van der Waals surface area contributed by atoms with Crippen LogP contribution in [-0.2, 0) is 22.4 Å². The predicted octanol–water partition coefficient (Wildman–Crippen LogP) is 5.07. The third-order valence-corrected chi connectivity index (χ3v) is 8.12. The van der Waals surface area contributed by atoms with E-state index in [1.807, 2.05) is 93.3 Å². The van der Waals surface area contributed by atoms with Crippen molar-refractivity contribution in [2.24, 2.45) is 0 Å². The van der Waals surface area contributed by atoms with Crippen molar-refractivity contribution < 1.29 is 19.1 Å². The molecule has 9 heteroatoms. The van der Waals surface area contributed by atoms with Gasteiger partial charge in [-0.2, -0.15) is 0 Å². The molecule has 0 aliphatic carbocycles. The van der Waals surface area contributed by atoms with Crippen molar-refractivity contribution in [3.05, 3.63) is 71.8 Å². The number of likely N-dealkylation sites (N-methyl/N-ethyl adjacent to an activating group) is 1. The molecule has 0 radical (unpaired) electrons. The molecule has 1 saturated heterocycles. The minimum Gasteiger partial charge on any atom is -0.452 e. The molecule has 0 bridgehead atoms. The smallest absolute Gasteiger partial charge is 0.368 e. The Bertz CT molecular complexity index is 1100. The number of nitrogens with one attached hydrogen (secondary N) is 1. The van der Waals surface area contributed by atoms with Crippen LogP contribution in [0.2, 0.25) is 0 Å². The van der Waals surface area contributed by atoms with Gasteiger partial charge in [0.15, 0.2) is 0 Å². The highest BCUT2D eigenvalue weighted by molar-refractivity contribution is 8.13. The molecule has 1 aliphatic rings. The summed E-state index contributed by atoms with van der Waals surface area (Å²) in [5.41, 5.74) is 1.52. The van der Waals surface area contributed by atoms with Crippen molar-refractivity contribution in [3.63, 3.8) is 0 Å². The normalized spacial score (nSPS) is 15.6. The number of carbonyl (C=O) groups is 3. The second kappa shape index (κ2) is 15.8. The zero-order valence-corrected chi connectivity index (χ0v) is 26.0. The first-order valence-corrected chi connectivity index (χ1v) is 15.4. The molecule has 3 amide bonds. The minimum atomic E-state index is -0.689. The van der Waals surface area contributed by atoms with Crippen molar-refractivity contribution in [1.29, 1.82) is 0 Å². The molecule has 1 fully saturated rings. The standard InChI is InChI=1S/C32H46N4O4S/c1-6-27(41-31(39)40-32(2,3)4)24-36(18-17-25-13-9-7-10-14-25)30(38)33-28(23-26-15-11-8-12-16-26)29(37)35-21-19-34(5)20-22-35/h7-16,27-28H,6,17-24H2,1-5H3,(H,33,38). The summed E-state index contributed by atoms with van der Waals surface area (Å²) in [5.74, 6) is -0.0616. The highest BCUT2D eigenvalue weighted by Crippen LogP contribution is 2.23. The lowest BCUT2D eigenvalue weighted by atomic mass is 10.0. The van der Waals surface area contributed by atoms with Gasteiger partial charge in [-0.15, -0.1) is 0 Å². The van der Waals surface area contributed by atoms with E-state index >= 15 is 0 Å². The number of amides is 3. The lowest BCUT2D eigenvalue weighted by molar-refractivity contribution is -0.134. The van der Waals surface area contributed by atoms with Gasteiger partial charge in [-0.1, -0.05) is 67.6 Å². The maximum absolute atomic E-state index is 13.9. The monoisotopic (exact) mass is 582 g/mol. The van der Waals surface area contributed by atoms with Gasteiger partial charge < -0.3 is 24.8 Å². The van der Waals surface area contributed by atoms with Gasteiger partial charge in [0, 0.05) is 50.9 Å². The number of hydrogen-bond acceptors (Lipinski definition) is 6. The van der Waals surface area contributed by atoms with Gasteiger partial charge >= 0.3 is 11.3 Å². The maximum Gasteiger partial charge on any atom is 0.368 e. The molecule has 2 unspecified atom stereocenters. The van der Waals surface area contributed by atoms with E-state index in [2.05, 4.69) is 17.3 Å². The molecular weight excluding hydrogens is 536 g/mol. The first-order chi connectivity index (χ1) is 19.5. The van der Waals surface area contributed by atoms with Crippen LogP contribution in [0.25, 0.3) is 0 Å². The lowest BCUT2D eigenvalue weighted by Gasteiger charge is -2.35. The second-order valence-corrected chi connectivity index (χ2v) is 12.9. The fourth-order valence-electron chi connectivity index (χ4n) is 4.63. The van der Waals surface area contributed by atoms with Gasteiger partial charge in [-0.3, -0.25) is 4.79 Å². The third kappa shape index (κ3) is 11.4. The summed E-state index contributed by atoms with van der Waals surface area (Å²) in [7, 11) is 2.05. The summed E-state index contributed by atoms with van der Waals surface area (Å²) in [6, 6.07) is 18.8. The maximum atomic E-state index is 13.9. The molecule has 2 aromatic rings. The van der Waals surface area contributed by atoms with Crippen molar-refractivity contribution in [3.8, 4) is 0 Å². The Labute approximate surface area is 249 Å². The molecule has 2 aromatic carbocycles. The molecule has 41 heavy (non-hydrogen) atoms. The molecule has 224 valence electrons. The Balaban J connectivity index is 1.78. The van der Waals surface area contributed by atoms with E-state index in [-0.39, 0.29) is 22.5 Å². The van der Waals surface area contributed by atoms with Crippen LogP contribution < -0.4 is 5.32 Å². The molecule has 3 rings (SSSR count). The van der Waals surface area contributed by atoms with Crippen molar-refractivity contribution >= 4 is 29.0 Å².